The first-order chi connectivity index (χ1) is 13.4. The zero-order chi connectivity index (χ0) is 20.4. The van der Waals surface area contributed by atoms with Crippen molar-refractivity contribution in [3.05, 3.63) is 40.8 Å². The lowest BCUT2D eigenvalue weighted by atomic mass is 10.2. The van der Waals surface area contributed by atoms with Gasteiger partial charge in [0.25, 0.3) is 5.95 Å². The number of fused-ring (bicyclic) bond motifs is 1. The van der Waals surface area contributed by atoms with Crippen molar-refractivity contribution in [2.24, 2.45) is 0 Å². The molecule has 28 heavy (non-hydrogen) atoms. The number of benzene rings is 1. The summed E-state index contributed by atoms with van der Waals surface area (Å²) in [6.07, 6.45) is 0. The van der Waals surface area contributed by atoms with Crippen LogP contribution in [0.2, 0.25) is 5.02 Å². The highest BCUT2D eigenvalue weighted by Gasteiger charge is 2.27. The van der Waals surface area contributed by atoms with Crippen molar-refractivity contribution in [2.75, 3.05) is 18.0 Å². The summed E-state index contributed by atoms with van der Waals surface area (Å²) in [5.41, 5.74) is -0.378. The zero-order valence-electron chi connectivity index (χ0n) is 14.5. The molecule has 13 heteroatoms. The van der Waals surface area contributed by atoms with Gasteiger partial charge >= 0.3 is 12.0 Å². The van der Waals surface area contributed by atoms with Gasteiger partial charge in [-0.3, -0.25) is 0 Å². The number of carbonyl (C=O) groups is 1. The standard InChI is InChI=1S/C15H13ClFN5O5S/c1-3-27-15-18-10(17)7-11-19-14(20-21(11)15)22(28(24)25)12-8(13(23)26-2)5-4-6-9(12)16/h4-7,28H,3H2,1-2H3. The number of aromatic nitrogens is 4. The van der Waals surface area contributed by atoms with Gasteiger partial charge in [0.15, 0.2) is 5.65 Å². The summed E-state index contributed by atoms with van der Waals surface area (Å²) in [6.45, 7) is 1.82. The zero-order valence-corrected chi connectivity index (χ0v) is 16.1. The van der Waals surface area contributed by atoms with E-state index in [4.69, 9.17) is 16.3 Å². The fraction of sp³-hybridized carbons (Fsp3) is 0.200. The molecule has 0 unspecified atom stereocenters. The quantitative estimate of drug-likeness (QED) is 0.358. The van der Waals surface area contributed by atoms with Crippen LogP contribution >= 0.6 is 11.6 Å². The van der Waals surface area contributed by atoms with Gasteiger partial charge in [0.05, 0.1) is 30.0 Å². The first kappa shape index (κ1) is 19.8. The molecule has 10 nitrogen and oxygen atoms in total. The molecule has 0 fully saturated rings. The van der Waals surface area contributed by atoms with Gasteiger partial charge in [0, 0.05) is 6.07 Å². The molecule has 1 aromatic carbocycles. The second-order valence-electron chi connectivity index (χ2n) is 5.15. The van der Waals surface area contributed by atoms with Gasteiger partial charge < -0.3 is 9.47 Å². The van der Waals surface area contributed by atoms with E-state index < -0.39 is 22.8 Å². The molecule has 148 valence electrons. The molecule has 0 amide bonds. The molecule has 0 N–H and O–H groups in total. The molecular weight excluding hydrogens is 417 g/mol. The largest absolute Gasteiger partial charge is 0.465 e. The van der Waals surface area contributed by atoms with Crippen LogP contribution in [-0.4, -0.2) is 47.7 Å². The minimum Gasteiger partial charge on any atom is -0.465 e. The summed E-state index contributed by atoms with van der Waals surface area (Å²) >= 11 is 6.15. The van der Waals surface area contributed by atoms with Crippen molar-refractivity contribution >= 4 is 45.7 Å². The van der Waals surface area contributed by atoms with Crippen molar-refractivity contribution in [2.45, 2.75) is 6.92 Å². The fourth-order valence-electron chi connectivity index (χ4n) is 2.40. The average Bonchev–Trinajstić information content (AvgIpc) is 3.06. The van der Waals surface area contributed by atoms with Gasteiger partial charge in [0.2, 0.25) is 16.8 Å². The molecule has 0 saturated carbocycles. The average molecular weight is 430 g/mol. The fourth-order valence-corrected chi connectivity index (χ4v) is 3.32. The molecule has 0 atom stereocenters. The van der Waals surface area contributed by atoms with E-state index in [0.29, 0.717) is 4.31 Å². The maximum atomic E-state index is 13.7. The number of rotatable bonds is 6. The lowest BCUT2D eigenvalue weighted by Gasteiger charge is -2.17. The number of halogens is 2. The van der Waals surface area contributed by atoms with Gasteiger partial charge in [-0.15, -0.1) is 5.10 Å². The van der Waals surface area contributed by atoms with Crippen LogP contribution in [0.15, 0.2) is 24.3 Å². The third kappa shape index (κ3) is 3.55. The second-order valence-corrected chi connectivity index (χ2v) is 6.44. The minimum absolute atomic E-state index is 0.0560. The van der Waals surface area contributed by atoms with Gasteiger partial charge in [-0.1, -0.05) is 17.7 Å². The maximum Gasteiger partial charge on any atom is 0.340 e. The number of thiol groups is 1. The van der Waals surface area contributed by atoms with Gasteiger partial charge in [-0.25, -0.2) is 17.5 Å². The number of ether oxygens (including phenoxy) is 2. The number of hydrogen-bond acceptors (Lipinski definition) is 8. The topological polar surface area (TPSA) is 116 Å². The minimum atomic E-state index is -3.39. The monoisotopic (exact) mass is 429 g/mol. The smallest absolute Gasteiger partial charge is 0.340 e. The molecule has 0 spiro atoms. The highest BCUT2D eigenvalue weighted by molar-refractivity contribution is 7.74. The number of nitrogens with zero attached hydrogens (tertiary/aromatic N) is 5. The normalized spacial score (nSPS) is 11.0. The highest BCUT2D eigenvalue weighted by atomic mass is 35.5. The Labute approximate surface area is 164 Å². The lowest BCUT2D eigenvalue weighted by molar-refractivity contribution is 0.0601. The van der Waals surface area contributed by atoms with Crippen molar-refractivity contribution in [3.63, 3.8) is 0 Å². The maximum absolute atomic E-state index is 13.7. The second kappa shape index (κ2) is 7.94. The van der Waals surface area contributed by atoms with Crippen LogP contribution in [0.5, 0.6) is 6.01 Å². The van der Waals surface area contributed by atoms with Crippen LogP contribution in [0.3, 0.4) is 0 Å². The number of anilines is 2. The Kier molecular flexibility index (Phi) is 5.61. The molecule has 0 saturated heterocycles. The molecule has 3 rings (SSSR count). The Morgan fingerprint density at radius 3 is 2.75 bits per heavy atom. The Balaban J connectivity index is 2.26. The van der Waals surface area contributed by atoms with Crippen LogP contribution in [0, 0.1) is 5.95 Å². The summed E-state index contributed by atoms with van der Waals surface area (Å²) in [7, 11) is -2.25. The predicted octanol–water partition coefficient (Wildman–Crippen LogP) is 1.77. The Morgan fingerprint density at radius 1 is 1.36 bits per heavy atom. The molecule has 0 bridgehead atoms. The highest BCUT2D eigenvalue weighted by Crippen LogP contribution is 2.35. The summed E-state index contributed by atoms with van der Waals surface area (Å²) in [5.74, 6) is -2.09. The first-order valence-corrected chi connectivity index (χ1v) is 9.25. The number of para-hydroxylation sites is 1. The van der Waals surface area contributed by atoms with Crippen molar-refractivity contribution in [1.82, 2.24) is 19.6 Å². The van der Waals surface area contributed by atoms with Crippen molar-refractivity contribution < 1.29 is 27.1 Å². The molecule has 0 radical (unpaired) electrons. The number of esters is 1. The Hall–Kier alpha value is -2.99. The van der Waals surface area contributed by atoms with Crippen LogP contribution in [-0.2, 0) is 15.6 Å². The van der Waals surface area contributed by atoms with E-state index in [1.54, 1.807) is 6.92 Å². The van der Waals surface area contributed by atoms with E-state index in [1.807, 2.05) is 0 Å². The first-order valence-electron chi connectivity index (χ1n) is 7.74. The van der Waals surface area contributed by atoms with E-state index >= 15 is 0 Å². The summed E-state index contributed by atoms with van der Waals surface area (Å²) in [4.78, 5) is 19.6. The third-order valence-electron chi connectivity index (χ3n) is 3.48. The molecule has 0 aliphatic heterocycles. The van der Waals surface area contributed by atoms with Crippen LogP contribution in [0.25, 0.3) is 5.65 Å². The third-order valence-corrected chi connectivity index (χ3v) is 4.49. The molecule has 0 aliphatic rings. The van der Waals surface area contributed by atoms with Gasteiger partial charge in [-0.2, -0.15) is 18.9 Å². The van der Waals surface area contributed by atoms with Crippen LogP contribution in [0.4, 0.5) is 16.0 Å². The van der Waals surface area contributed by atoms with Crippen LogP contribution < -0.4 is 9.04 Å². The molecule has 3 aromatic rings. The number of methoxy groups -OCH3 is 1. The molecule has 2 heterocycles. The van der Waals surface area contributed by atoms with Crippen LogP contribution in [0.1, 0.15) is 17.3 Å². The lowest BCUT2D eigenvalue weighted by Crippen LogP contribution is -2.20. The van der Waals surface area contributed by atoms with Gasteiger partial charge in [-0.05, 0) is 19.1 Å². The van der Waals surface area contributed by atoms with E-state index in [9.17, 15) is 17.6 Å². The van der Waals surface area contributed by atoms with E-state index in [1.165, 1.54) is 18.2 Å². The predicted molar refractivity (Wildman–Crippen MR) is 97.2 cm³/mol. The number of carbonyl (C=O) groups excluding carboxylic acids is 1. The SMILES string of the molecule is CCOc1nc(F)cc2nc(N(c3c(Cl)cccc3C(=O)OC)[SH](=O)=O)nn12. The molecular formula is C15H13ClFN5O5S. The van der Waals surface area contributed by atoms with E-state index in [0.717, 1.165) is 17.7 Å². The van der Waals surface area contributed by atoms with Gasteiger partial charge in [0.1, 0.15) is 0 Å². The van der Waals surface area contributed by atoms with Crippen molar-refractivity contribution in [3.8, 4) is 6.01 Å². The van der Waals surface area contributed by atoms with Crippen molar-refractivity contribution in [1.29, 1.82) is 0 Å². The summed E-state index contributed by atoms with van der Waals surface area (Å²) in [5, 5.41) is 3.96. The molecule has 2 aromatic heterocycles. The Bertz CT molecular complexity index is 1130. The number of hydrogen-bond donors (Lipinski definition) is 1. The van der Waals surface area contributed by atoms with E-state index in [-0.39, 0.29) is 40.5 Å². The Morgan fingerprint density at radius 2 is 2.11 bits per heavy atom. The van der Waals surface area contributed by atoms with E-state index in [2.05, 4.69) is 19.8 Å². The summed E-state index contributed by atoms with van der Waals surface area (Å²) in [6, 6.07) is 4.91. The summed E-state index contributed by atoms with van der Waals surface area (Å²) < 4.78 is 49.3. The molecule has 0 aliphatic carbocycles.